The van der Waals surface area contributed by atoms with Crippen molar-refractivity contribution in [3.8, 4) is 0 Å². The Kier molecular flexibility index (Phi) is 4.13. The minimum absolute atomic E-state index is 0.0519. The van der Waals surface area contributed by atoms with Crippen LogP contribution in [0.15, 0.2) is 23.5 Å². The maximum atomic E-state index is 13.0. The molecule has 0 atom stereocenters. The van der Waals surface area contributed by atoms with Crippen molar-refractivity contribution in [1.82, 2.24) is 9.80 Å². The minimum Gasteiger partial charge on any atom is -0.456 e. The van der Waals surface area contributed by atoms with E-state index in [9.17, 15) is 14.4 Å². The third kappa shape index (κ3) is 3.15. The quantitative estimate of drug-likeness (QED) is 0.679. The van der Waals surface area contributed by atoms with Crippen molar-refractivity contribution in [1.29, 1.82) is 0 Å². The maximum absolute atomic E-state index is 13.0. The van der Waals surface area contributed by atoms with E-state index in [0.717, 1.165) is 0 Å². The molecule has 136 valence electrons. The van der Waals surface area contributed by atoms with Crippen LogP contribution in [0.3, 0.4) is 0 Å². The predicted octanol–water partition coefficient (Wildman–Crippen LogP) is 2.19. The first-order valence-electron chi connectivity index (χ1n) is 8.51. The second-order valence-corrected chi connectivity index (χ2v) is 7.76. The molecule has 3 aliphatic rings. The SMILES string of the molecule is CC1=C(N2C=CC3(CCN(C(=O)OC(C)(C)C)CC3)C2=O)COC1=O. The van der Waals surface area contributed by atoms with Crippen molar-refractivity contribution in [2.75, 3.05) is 19.7 Å². The van der Waals surface area contributed by atoms with Gasteiger partial charge in [-0.1, -0.05) is 6.08 Å². The average molecular weight is 348 g/mol. The molecule has 0 saturated carbocycles. The van der Waals surface area contributed by atoms with E-state index >= 15 is 0 Å². The number of hydrogen-bond donors (Lipinski definition) is 0. The van der Waals surface area contributed by atoms with Crippen molar-refractivity contribution in [3.05, 3.63) is 23.5 Å². The van der Waals surface area contributed by atoms with Crippen molar-refractivity contribution in [2.45, 2.75) is 46.1 Å². The van der Waals surface area contributed by atoms with E-state index in [1.165, 1.54) is 4.90 Å². The van der Waals surface area contributed by atoms with Gasteiger partial charge < -0.3 is 14.4 Å². The summed E-state index contributed by atoms with van der Waals surface area (Å²) in [5.74, 6) is -0.430. The molecule has 1 spiro atoms. The molecule has 1 saturated heterocycles. The zero-order chi connectivity index (χ0) is 18.4. The van der Waals surface area contributed by atoms with Gasteiger partial charge in [-0.05, 0) is 40.5 Å². The van der Waals surface area contributed by atoms with Gasteiger partial charge in [-0.2, -0.15) is 0 Å². The van der Waals surface area contributed by atoms with Crippen LogP contribution < -0.4 is 0 Å². The third-order valence-corrected chi connectivity index (χ3v) is 4.86. The highest BCUT2D eigenvalue weighted by molar-refractivity contribution is 5.95. The van der Waals surface area contributed by atoms with Gasteiger partial charge in [0.15, 0.2) is 0 Å². The molecular formula is C18H24N2O5. The van der Waals surface area contributed by atoms with Crippen LogP contribution in [-0.2, 0) is 19.1 Å². The predicted molar refractivity (Wildman–Crippen MR) is 89.1 cm³/mol. The molecule has 0 aromatic heterocycles. The number of rotatable bonds is 1. The summed E-state index contributed by atoms with van der Waals surface area (Å²) in [5.41, 5.74) is -0.0679. The summed E-state index contributed by atoms with van der Waals surface area (Å²) in [6, 6.07) is 0. The normalized spacial score (nSPS) is 22.9. The Bertz CT molecular complexity index is 678. The summed E-state index contributed by atoms with van der Waals surface area (Å²) >= 11 is 0. The first-order valence-corrected chi connectivity index (χ1v) is 8.51. The molecule has 3 aliphatic heterocycles. The Hall–Kier alpha value is -2.31. The molecule has 3 heterocycles. The zero-order valence-corrected chi connectivity index (χ0v) is 15.1. The van der Waals surface area contributed by atoms with Crippen LogP contribution in [0.5, 0.6) is 0 Å². The Morgan fingerprint density at radius 3 is 2.40 bits per heavy atom. The first kappa shape index (κ1) is 17.5. The number of ether oxygens (including phenoxy) is 2. The largest absolute Gasteiger partial charge is 0.456 e. The van der Waals surface area contributed by atoms with Gasteiger partial charge >= 0.3 is 12.1 Å². The number of carbonyl (C=O) groups is 3. The number of amides is 2. The highest BCUT2D eigenvalue weighted by Gasteiger charge is 2.47. The van der Waals surface area contributed by atoms with E-state index in [0.29, 0.717) is 37.2 Å². The van der Waals surface area contributed by atoms with Crippen LogP contribution in [0.4, 0.5) is 4.79 Å². The van der Waals surface area contributed by atoms with Gasteiger partial charge in [-0.25, -0.2) is 9.59 Å². The average Bonchev–Trinajstić information content (AvgIpc) is 3.01. The minimum atomic E-state index is -0.614. The van der Waals surface area contributed by atoms with E-state index in [4.69, 9.17) is 9.47 Å². The number of nitrogens with zero attached hydrogens (tertiary/aromatic N) is 2. The molecule has 0 aromatic rings. The van der Waals surface area contributed by atoms with E-state index < -0.39 is 11.0 Å². The van der Waals surface area contributed by atoms with E-state index in [-0.39, 0.29) is 24.6 Å². The Labute approximate surface area is 147 Å². The van der Waals surface area contributed by atoms with Gasteiger partial charge in [-0.15, -0.1) is 0 Å². The third-order valence-electron chi connectivity index (χ3n) is 4.86. The molecule has 0 bridgehead atoms. The number of cyclic esters (lactones) is 1. The molecule has 0 aliphatic carbocycles. The molecule has 0 unspecified atom stereocenters. The van der Waals surface area contributed by atoms with Crippen molar-refractivity contribution in [3.63, 3.8) is 0 Å². The van der Waals surface area contributed by atoms with Crippen molar-refractivity contribution < 1.29 is 23.9 Å². The summed E-state index contributed by atoms with van der Waals surface area (Å²) in [6.07, 6.45) is 4.36. The lowest BCUT2D eigenvalue weighted by atomic mass is 9.79. The van der Waals surface area contributed by atoms with Crippen LogP contribution in [-0.4, -0.2) is 53.1 Å². The molecule has 1 fully saturated rings. The molecule has 3 rings (SSSR count). The van der Waals surface area contributed by atoms with E-state index in [1.54, 1.807) is 18.0 Å². The second kappa shape index (κ2) is 5.89. The number of carbonyl (C=O) groups excluding carboxylic acids is 3. The lowest BCUT2D eigenvalue weighted by molar-refractivity contribution is -0.137. The molecule has 7 heteroatoms. The van der Waals surface area contributed by atoms with Gasteiger partial charge in [0.25, 0.3) is 0 Å². The first-order chi connectivity index (χ1) is 11.6. The standard InChI is InChI=1S/C18H24N2O5/c1-12-13(11-24-14(12)21)20-10-7-18(15(20)22)5-8-19(9-6-18)16(23)25-17(2,3)4/h7,10H,5-6,8-9,11H2,1-4H3. The van der Waals surface area contributed by atoms with Crippen LogP contribution in [0.1, 0.15) is 40.5 Å². The topological polar surface area (TPSA) is 76.2 Å². The fourth-order valence-corrected chi connectivity index (χ4v) is 3.32. The Morgan fingerprint density at radius 2 is 1.88 bits per heavy atom. The summed E-state index contributed by atoms with van der Waals surface area (Å²) in [5, 5.41) is 0. The van der Waals surface area contributed by atoms with Gasteiger partial charge in [0, 0.05) is 19.3 Å². The molecule has 25 heavy (non-hydrogen) atoms. The van der Waals surface area contributed by atoms with Crippen LogP contribution in [0.25, 0.3) is 0 Å². The molecule has 0 radical (unpaired) electrons. The molecule has 7 nitrogen and oxygen atoms in total. The Balaban J connectivity index is 1.67. The highest BCUT2D eigenvalue weighted by atomic mass is 16.6. The van der Waals surface area contributed by atoms with Gasteiger partial charge in [0.1, 0.15) is 12.2 Å². The van der Waals surface area contributed by atoms with Gasteiger partial charge in [0.05, 0.1) is 16.7 Å². The molecule has 0 aromatic carbocycles. The second-order valence-electron chi connectivity index (χ2n) is 7.76. The monoisotopic (exact) mass is 348 g/mol. The summed E-state index contributed by atoms with van der Waals surface area (Å²) in [4.78, 5) is 39.9. The van der Waals surface area contributed by atoms with Crippen LogP contribution in [0.2, 0.25) is 0 Å². The number of likely N-dealkylation sites (tertiary alicyclic amines) is 1. The fraction of sp³-hybridized carbons (Fsp3) is 0.611. The zero-order valence-electron chi connectivity index (χ0n) is 15.1. The van der Waals surface area contributed by atoms with Crippen molar-refractivity contribution >= 4 is 18.0 Å². The number of piperidine rings is 1. The van der Waals surface area contributed by atoms with Crippen LogP contribution in [0, 0.1) is 5.41 Å². The molecule has 2 amide bonds. The summed E-state index contributed by atoms with van der Waals surface area (Å²) in [6.45, 7) is 8.22. The summed E-state index contributed by atoms with van der Waals surface area (Å²) in [7, 11) is 0. The number of esters is 1. The van der Waals surface area contributed by atoms with Gasteiger partial charge in [0.2, 0.25) is 5.91 Å². The maximum Gasteiger partial charge on any atom is 0.410 e. The smallest absolute Gasteiger partial charge is 0.410 e. The van der Waals surface area contributed by atoms with E-state index in [2.05, 4.69) is 0 Å². The fourth-order valence-electron chi connectivity index (χ4n) is 3.32. The van der Waals surface area contributed by atoms with E-state index in [1.807, 2.05) is 26.8 Å². The summed E-state index contributed by atoms with van der Waals surface area (Å²) < 4.78 is 10.4. The number of hydrogen-bond acceptors (Lipinski definition) is 5. The molecular weight excluding hydrogens is 324 g/mol. The lowest BCUT2D eigenvalue weighted by Crippen LogP contribution is -2.48. The molecule has 0 N–H and O–H groups in total. The van der Waals surface area contributed by atoms with Crippen molar-refractivity contribution in [2.24, 2.45) is 5.41 Å². The van der Waals surface area contributed by atoms with Gasteiger partial charge in [-0.3, -0.25) is 9.69 Å². The Morgan fingerprint density at radius 1 is 1.24 bits per heavy atom. The van der Waals surface area contributed by atoms with Crippen LogP contribution >= 0.6 is 0 Å². The highest BCUT2D eigenvalue weighted by Crippen LogP contribution is 2.41. The lowest BCUT2D eigenvalue weighted by Gasteiger charge is -2.38.